The van der Waals surface area contributed by atoms with Gasteiger partial charge in [0.1, 0.15) is 0 Å². The minimum absolute atomic E-state index is 0.795. The van der Waals surface area contributed by atoms with E-state index in [1.807, 2.05) is 0 Å². The largest absolute Gasteiger partial charge is 0.330 e. The maximum absolute atomic E-state index is 5.45. The quantitative estimate of drug-likeness (QED) is 0.266. The average Bonchev–Trinajstić information content (AvgIpc) is 2.57. The zero-order valence-electron chi connectivity index (χ0n) is 15.1. The van der Waals surface area contributed by atoms with Crippen LogP contribution in [0.3, 0.4) is 0 Å². The van der Waals surface area contributed by atoms with Crippen LogP contribution in [0.5, 0.6) is 0 Å². The molecular formula is C22H37N. The van der Waals surface area contributed by atoms with Crippen molar-refractivity contribution in [3.8, 4) is 0 Å². The van der Waals surface area contributed by atoms with E-state index >= 15 is 0 Å². The molecule has 0 unspecified atom stereocenters. The van der Waals surface area contributed by atoms with Gasteiger partial charge in [-0.05, 0) is 70.8 Å². The molecule has 23 heavy (non-hydrogen) atoms. The van der Waals surface area contributed by atoms with Gasteiger partial charge in [-0.25, -0.2) is 0 Å². The number of nitrogens with two attached hydrogens (primary N) is 1. The normalized spacial score (nSPS) is 13.0. The van der Waals surface area contributed by atoms with Crippen LogP contribution in [0.15, 0.2) is 60.8 Å². The first-order chi connectivity index (χ1) is 11.4. The maximum atomic E-state index is 5.45. The van der Waals surface area contributed by atoms with E-state index < -0.39 is 0 Å². The highest BCUT2D eigenvalue weighted by Crippen LogP contribution is 2.00. The molecule has 0 saturated heterocycles. The van der Waals surface area contributed by atoms with Crippen LogP contribution >= 0.6 is 0 Å². The molecule has 0 radical (unpaired) electrons. The molecule has 0 atom stereocenters. The highest BCUT2D eigenvalue weighted by molar-refractivity contribution is 4.95. The second-order valence-electron chi connectivity index (χ2n) is 5.66. The fraction of sp³-hybridized carbons (Fsp3) is 0.545. The molecular weight excluding hydrogens is 278 g/mol. The van der Waals surface area contributed by atoms with Gasteiger partial charge in [-0.3, -0.25) is 0 Å². The number of rotatable bonds is 15. The second-order valence-corrected chi connectivity index (χ2v) is 5.66. The molecule has 1 heteroatoms. The lowest BCUT2D eigenvalue weighted by Gasteiger charge is -1.90. The summed E-state index contributed by atoms with van der Waals surface area (Å²) >= 11 is 0. The van der Waals surface area contributed by atoms with Crippen LogP contribution in [-0.2, 0) is 0 Å². The molecule has 0 aromatic rings. The van der Waals surface area contributed by atoms with E-state index in [0.717, 1.165) is 64.3 Å². The fourth-order valence-electron chi connectivity index (χ4n) is 2.08. The van der Waals surface area contributed by atoms with Gasteiger partial charge >= 0.3 is 0 Å². The molecule has 0 saturated carbocycles. The maximum Gasteiger partial charge on any atom is -0.00743 e. The predicted molar refractivity (Wildman–Crippen MR) is 107 cm³/mol. The molecule has 0 amide bonds. The van der Waals surface area contributed by atoms with E-state index in [1.165, 1.54) is 6.42 Å². The summed E-state index contributed by atoms with van der Waals surface area (Å²) in [5.41, 5.74) is 5.45. The monoisotopic (exact) mass is 315 g/mol. The van der Waals surface area contributed by atoms with E-state index in [0.29, 0.717) is 0 Å². The van der Waals surface area contributed by atoms with Crippen molar-refractivity contribution in [3.05, 3.63) is 60.8 Å². The number of hydrogen-bond donors (Lipinski definition) is 1. The van der Waals surface area contributed by atoms with Crippen LogP contribution in [0, 0.1) is 0 Å². The van der Waals surface area contributed by atoms with Crippen LogP contribution < -0.4 is 5.73 Å². The second kappa shape index (κ2) is 20.7. The lowest BCUT2D eigenvalue weighted by atomic mass is 10.2. The summed E-state index contributed by atoms with van der Waals surface area (Å²) in [4.78, 5) is 0. The lowest BCUT2D eigenvalue weighted by Crippen LogP contribution is -1.96. The Morgan fingerprint density at radius 2 is 0.913 bits per heavy atom. The molecule has 0 spiro atoms. The molecule has 0 aliphatic rings. The summed E-state index contributed by atoms with van der Waals surface area (Å²) in [6.45, 7) is 2.97. The van der Waals surface area contributed by atoms with Crippen LogP contribution in [0.2, 0.25) is 0 Å². The van der Waals surface area contributed by atoms with Crippen LogP contribution in [0.4, 0.5) is 0 Å². The Morgan fingerprint density at radius 3 is 1.35 bits per heavy atom. The van der Waals surface area contributed by atoms with Gasteiger partial charge in [0.25, 0.3) is 0 Å². The summed E-state index contributed by atoms with van der Waals surface area (Å²) in [6.07, 6.45) is 34.1. The van der Waals surface area contributed by atoms with Crippen LogP contribution in [0.25, 0.3) is 0 Å². The summed E-state index contributed by atoms with van der Waals surface area (Å²) in [5.74, 6) is 0. The Labute approximate surface area is 144 Å². The highest BCUT2D eigenvalue weighted by Gasteiger charge is 1.81. The average molecular weight is 316 g/mol. The Hall–Kier alpha value is -1.34. The minimum Gasteiger partial charge on any atom is -0.330 e. The molecule has 0 aromatic carbocycles. The molecule has 130 valence electrons. The Bertz CT molecular complexity index is 358. The van der Waals surface area contributed by atoms with E-state index in [1.54, 1.807) is 0 Å². The molecule has 0 aliphatic carbocycles. The standard InChI is InChI=1S/C22H37N/c1-2-3-4-5-6-7-8-9-10-11-12-13-14-15-16-17-18-19-20-21-22-23/h3-4,7-8,10-11,14-15,18-19H,2,5-6,9,12-13,16-17,20-23H2,1H3. The molecule has 0 aliphatic heterocycles. The van der Waals surface area contributed by atoms with Crippen molar-refractivity contribution >= 4 is 0 Å². The SMILES string of the molecule is CCC=CCCC=CCC=CCCC=CCCC=CCCCN. The van der Waals surface area contributed by atoms with Gasteiger partial charge in [-0.2, -0.15) is 0 Å². The topological polar surface area (TPSA) is 26.0 Å². The van der Waals surface area contributed by atoms with Gasteiger partial charge in [-0.15, -0.1) is 0 Å². The van der Waals surface area contributed by atoms with Gasteiger partial charge in [-0.1, -0.05) is 67.7 Å². The summed E-state index contributed by atoms with van der Waals surface area (Å²) in [5, 5.41) is 0. The molecule has 1 nitrogen and oxygen atoms in total. The third kappa shape index (κ3) is 20.7. The molecule has 0 aromatic heterocycles. The molecule has 0 heterocycles. The van der Waals surface area contributed by atoms with E-state index in [9.17, 15) is 0 Å². The first kappa shape index (κ1) is 21.7. The lowest BCUT2D eigenvalue weighted by molar-refractivity contribution is 0.850. The molecule has 0 bridgehead atoms. The summed E-state index contributed by atoms with van der Waals surface area (Å²) in [6, 6.07) is 0. The third-order valence-corrected chi connectivity index (χ3v) is 3.42. The zero-order chi connectivity index (χ0) is 16.8. The number of unbranched alkanes of at least 4 members (excludes halogenated alkanes) is 4. The van der Waals surface area contributed by atoms with E-state index in [-0.39, 0.29) is 0 Å². The number of allylic oxidation sites excluding steroid dienone is 10. The van der Waals surface area contributed by atoms with Gasteiger partial charge < -0.3 is 5.73 Å². The minimum atomic E-state index is 0.795. The van der Waals surface area contributed by atoms with Crippen molar-refractivity contribution in [1.82, 2.24) is 0 Å². The van der Waals surface area contributed by atoms with Crippen molar-refractivity contribution in [2.24, 2.45) is 5.73 Å². The van der Waals surface area contributed by atoms with Crippen molar-refractivity contribution < 1.29 is 0 Å². The molecule has 0 fully saturated rings. The number of hydrogen-bond acceptors (Lipinski definition) is 1. The fourth-order valence-corrected chi connectivity index (χ4v) is 2.08. The van der Waals surface area contributed by atoms with Gasteiger partial charge in [0, 0.05) is 0 Å². The van der Waals surface area contributed by atoms with Gasteiger partial charge in [0.2, 0.25) is 0 Å². The van der Waals surface area contributed by atoms with E-state index in [2.05, 4.69) is 67.7 Å². The summed E-state index contributed by atoms with van der Waals surface area (Å²) < 4.78 is 0. The summed E-state index contributed by atoms with van der Waals surface area (Å²) in [7, 11) is 0. The molecule has 0 rings (SSSR count). The van der Waals surface area contributed by atoms with Crippen molar-refractivity contribution in [2.75, 3.05) is 6.54 Å². The smallest absolute Gasteiger partial charge is 0.00743 e. The Balaban J connectivity index is 3.36. The Morgan fingerprint density at radius 1 is 0.522 bits per heavy atom. The van der Waals surface area contributed by atoms with Crippen LogP contribution in [0.1, 0.15) is 71.1 Å². The van der Waals surface area contributed by atoms with Gasteiger partial charge in [0.05, 0.1) is 0 Å². The third-order valence-electron chi connectivity index (χ3n) is 3.42. The van der Waals surface area contributed by atoms with Gasteiger partial charge in [0.15, 0.2) is 0 Å². The van der Waals surface area contributed by atoms with Crippen LogP contribution in [-0.4, -0.2) is 6.54 Å². The predicted octanol–water partition coefficient (Wildman–Crippen LogP) is 6.65. The van der Waals surface area contributed by atoms with Crippen molar-refractivity contribution in [1.29, 1.82) is 0 Å². The van der Waals surface area contributed by atoms with Crippen molar-refractivity contribution in [2.45, 2.75) is 71.1 Å². The van der Waals surface area contributed by atoms with E-state index in [4.69, 9.17) is 5.73 Å². The highest BCUT2D eigenvalue weighted by atomic mass is 14.5. The Kier molecular flexibility index (Phi) is 19.5. The first-order valence-corrected chi connectivity index (χ1v) is 9.36. The zero-order valence-corrected chi connectivity index (χ0v) is 15.1. The first-order valence-electron chi connectivity index (χ1n) is 9.36. The van der Waals surface area contributed by atoms with Crippen molar-refractivity contribution in [3.63, 3.8) is 0 Å². The molecule has 2 N–H and O–H groups in total.